The molecule has 2 rings (SSSR count). The monoisotopic (exact) mass is 231 g/mol. The van der Waals surface area contributed by atoms with Gasteiger partial charge in [-0.1, -0.05) is 11.6 Å². The van der Waals surface area contributed by atoms with Crippen molar-refractivity contribution in [3.8, 4) is 0 Å². The molecule has 0 aliphatic carbocycles. The van der Waals surface area contributed by atoms with Crippen molar-refractivity contribution in [2.45, 2.75) is 6.10 Å². The Labute approximate surface area is 91.0 Å². The summed E-state index contributed by atoms with van der Waals surface area (Å²) >= 11 is 7.23. The Bertz CT molecular complexity index is 333. The summed E-state index contributed by atoms with van der Waals surface area (Å²) in [4.78, 5) is 12.4. The molecule has 14 heavy (non-hydrogen) atoms. The zero-order valence-electron chi connectivity index (χ0n) is 7.46. The molecule has 1 aromatic heterocycles. The maximum Gasteiger partial charge on any atom is 0.204 e. The fourth-order valence-corrected chi connectivity index (χ4v) is 2.48. The van der Waals surface area contributed by atoms with Gasteiger partial charge in [-0.2, -0.15) is 0 Å². The van der Waals surface area contributed by atoms with E-state index in [2.05, 4.69) is 5.32 Å². The first-order chi connectivity index (χ1) is 6.79. The molecule has 2 heterocycles. The van der Waals surface area contributed by atoms with Crippen molar-refractivity contribution in [3.63, 3.8) is 0 Å². The second kappa shape index (κ2) is 4.40. The van der Waals surface area contributed by atoms with Gasteiger partial charge in [0.25, 0.3) is 0 Å². The largest absolute Gasteiger partial charge is 0.367 e. The Morgan fingerprint density at radius 3 is 3.14 bits per heavy atom. The highest BCUT2D eigenvalue weighted by molar-refractivity contribution is 7.12. The first-order valence-corrected chi connectivity index (χ1v) is 5.64. The normalized spacial score (nSPS) is 22.2. The molecule has 1 aromatic rings. The summed E-state index contributed by atoms with van der Waals surface area (Å²) in [7, 11) is 0. The third-order valence-corrected chi connectivity index (χ3v) is 3.42. The van der Waals surface area contributed by atoms with Gasteiger partial charge >= 0.3 is 0 Å². The van der Waals surface area contributed by atoms with Crippen molar-refractivity contribution < 1.29 is 9.53 Å². The minimum Gasteiger partial charge on any atom is -0.367 e. The van der Waals surface area contributed by atoms with Crippen LogP contribution in [-0.4, -0.2) is 31.6 Å². The number of morpholine rings is 1. The lowest BCUT2D eigenvalue weighted by atomic mass is 10.2. The van der Waals surface area contributed by atoms with Gasteiger partial charge in [0.1, 0.15) is 6.10 Å². The van der Waals surface area contributed by atoms with Gasteiger partial charge in [0.05, 0.1) is 16.5 Å². The molecule has 1 atom stereocenters. The molecule has 0 saturated carbocycles. The average Bonchev–Trinajstić information content (AvgIpc) is 2.65. The summed E-state index contributed by atoms with van der Waals surface area (Å²) in [5, 5.41) is 5.45. The van der Waals surface area contributed by atoms with Crippen LogP contribution in [0.25, 0.3) is 0 Å². The van der Waals surface area contributed by atoms with Gasteiger partial charge in [0, 0.05) is 13.1 Å². The van der Waals surface area contributed by atoms with Gasteiger partial charge in [-0.15, -0.1) is 11.3 Å². The number of rotatable bonds is 2. The molecule has 3 nitrogen and oxygen atoms in total. The van der Waals surface area contributed by atoms with Crippen LogP contribution in [0.4, 0.5) is 0 Å². The molecular weight excluding hydrogens is 222 g/mol. The Morgan fingerprint density at radius 1 is 1.71 bits per heavy atom. The average molecular weight is 232 g/mol. The zero-order valence-corrected chi connectivity index (χ0v) is 9.03. The van der Waals surface area contributed by atoms with Gasteiger partial charge in [0.15, 0.2) is 0 Å². The first kappa shape index (κ1) is 10.1. The fraction of sp³-hybridized carbons (Fsp3) is 0.444. The lowest BCUT2D eigenvalue weighted by Gasteiger charge is -2.21. The van der Waals surface area contributed by atoms with Crippen molar-refractivity contribution in [2.24, 2.45) is 0 Å². The summed E-state index contributed by atoms with van der Waals surface area (Å²) in [5.41, 5.74) is 0. The maximum absolute atomic E-state index is 11.8. The van der Waals surface area contributed by atoms with E-state index in [4.69, 9.17) is 16.3 Å². The van der Waals surface area contributed by atoms with Crippen molar-refractivity contribution in [1.29, 1.82) is 0 Å². The van der Waals surface area contributed by atoms with E-state index in [-0.39, 0.29) is 11.9 Å². The van der Waals surface area contributed by atoms with Crippen LogP contribution in [0.15, 0.2) is 11.4 Å². The third kappa shape index (κ3) is 1.98. The van der Waals surface area contributed by atoms with Crippen LogP contribution in [0.5, 0.6) is 0 Å². The smallest absolute Gasteiger partial charge is 0.204 e. The molecule has 0 spiro atoms. The first-order valence-electron chi connectivity index (χ1n) is 4.38. The van der Waals surface area contributed by atoms with Crippen molar-refractivity contribution >= 4 is 28.7 Å². The Balaban J connectivity index is 2.11. The van der Waals surface area contributed by atoms with E-state index in [9.17, 15) is 4.79 Å². The van der Waals surface area contributed by atoms with E-state index in [1.165, 1.54) is 11.3 Å². The highest BCUT2D eigenvalue weighted by Gasteiger charge is 2.25. The second-order valence-electron chi connectivity index (χ2n) is 3.03. The summed E-state index contributed by atoms with van der Waals surface area (Å²) < 4.78 is 5.35. The molecule has 5 heteroatoms. The van der Waals surface area contributed by atoms with Crippen LogP contribution in [-0.2, 0) is 4.74 Å². The molecule has 1 aliphatic heterocycles. The predicted octanol–water partition coefficient (Wildman–Crippen LogP) is 1.57. The van der Waals surface area contributed by atoms with Crippen LogP contribution in [0.3, 0.4) is 0 Å². The van der Waals surface area contributed by atoms with Crippen molar-refractivity contribution in [1.82, 2.24) is 5.32 Å². The SMILES string of the molecule is O=C(c1sccc1Cl)C1CNCCO1. The van der Waals surface area contributed by atoms with Crippen LogP contribution in [0.2, 0.25) is 5.02 Å². The van der Waals surface area contributed by atoms with Gasteiger partial charge in [-0.3, -0.25) is 4.79 Å². The van der Waals surface area contributed by atoms with E-state index >= 15 is 0 Å². The summed E-state index contributed by atoms with van der Waals surface area (Å²) in [6.45, 7) is 1.97. The Kier molecular flexibility index (Phi) is 3.18. The van der Waals surface area contributed by atoms with E-state index < -0.39 is 0 Å². The van der Waals surface area contributed by atoms with E-state index in [0.29, 0.717) is 23.1 Å². The molecule has 0 bridgehead atoms. The summed E-state index contributed by atoms with van der Waals surface area (Å²) in [5.74, 6) is -0.0165. The van der Waals surface area contributed by atoms with Crippen LogP contribution >= 0.6 is 22.9 Å². The van der Waals surface area contributed by atoms with Crippen molar-refractivity contribution in [2.75, 3.05) is 19.7 Å². The molecule has 0 aromatic carbocycles. The quantitative estimate of drug-likeness (QED) is 0.786. The topological polar surface area (TPSA) is 38.3 Å². The van der Waals surface area contributed by atoms with E-state index in [1.54, 1.807) is 6.07 Å². The third-order valence-electron chi connectivity index (χ3n) is 2.06. The highest BCUT2D eigenvalue weighted by atomic mass is 35.5. The lowest BCUT2D eigenvalue weighted by Crippen LogP contribution is -2.42. The van der Waals surface area contributed by atoms with Crippen LogP contribution in [0.1, 0.15) is 9.67 Å². The number of carbonyl (C=O) groups is 1. The van der Waals surface area contributed by atoms with Crippen molar-refractivity contribution in [3.05, 3.63) is 21.3 Å². The molecule has 1 aliphatic rings. The van der Waals surface area contributed by atoms with Crippen LogP contribution in [0, 0.1) is 0 Å². The minimum atomic E-state index is -0.375. The molecule has 0 amide bonds. The zero-order chi connectivity index (χ0) is 9.97. The van der Waals surface area contributed by atoms with Crippen LogP contribution < -0.4 is 5.32 Å². The highest BCUT2D eigenvalue weighted by Crippen LogP contribution is 2.24. The maximum atomic E-state index is 11.8. The minimum absolute atomic E-state index is 0.0165. The number of ether oxygens (including phenoxy) is 1. The number of ketones is 1. The lowest BCUT2D eigenvalue weighted by molar-refractivity contribution is 0.0273. The molecule has 1 fully saturated rings. The van der Waals surface area contributed by atoms with Gasteiger partial charge in [-0.05, 0) is 11.4 Å². The number of hydrogen-bond donors (Lipinski definition) is 1. The number of thiophene rings is 1. The molecule has 0 radical (unpaired) electrons. The number of halogens is 1. The molecule has 76 valence electrons. The molecule has 1 saturated heterocycles. The molecule has 1 unspecified atom stereocenters. The second-order valence-corrected chi connectivity index (χ2v) is 4.35. The summed E-state index contributed by atoms with van der Waals surface area (Å²) in [6.07, 6.45) is -0.375. The fourth-order valence-electron chi connectivity index (χ4n) is 1.35. The Hall–Kier alpha value is -0.420. The number of Topliss-reactive ketones (excluding diaryl/α,β-unsaturated/α-hetero) is 1. The predicted molar refractivity (Wildman–Crippen MR) is 56.3 cm³/mol. The molecular formula is C9H10ClNO2S. The van der Waals surface area contributed by atoms with Gasteiger partial charge in [0.2, 0.25) is 5.78 Å². The van der Waals surface area contributed by atoms with Gasteiger partial charge < -0.3 is 10.1 Å². The van der Waals surface area contributed by atoms with Gasteiger partial charge in [-0.25, -0.2) is 0 Å². The number of nitrogens with one attached hydrogen (secondary N) is 1. The molecule has 1 N–H and O–H groups in total. The standard InChI is InChI=1S/C9H10ClNO2S/c10-6-1-4-14-9(6)8(12)7-5-11-2-3-13-7/h1,4,7,11H,2-3,5H2. The number of carbonyl (C=O) groups excluding carboxylic acids is 1. The number of hydrogen-bond acceptors (Lipinski definition) is 4. The van der Waals surface area contributed by atoms with E-state index in [1.807, 2.05) is 5.38 Å². The Morgan fingerprint density at radius 2 is 2.57 bits per heavy atom. The summed E-state index contributed by atoms with van der Waals surface area (Å²) in [6, 6.07) is 1.73. The van der Waals surface area contributed by atoms with E-state index in [0.717, 1.165) is 6.54 Å².